The van der Waals surface area contributed by atoms with Gasteiger partial charge in [0.1, 0.15) is 0 Å². The van der Waals surface area contributed by atoms with Crippen LogP contribution in [0.2, 0.25) is 0 Å². The molecule has 2 rings (SSSR count). The van der Waals surface area contributed by atoms with Gasteiger partial charge in [-0.05, 0) is 37.5 Å². The number of carbonyl (C=O) groups excluding carboxylic acids is 1. The highest BCUT2D eigenvalue weighted by Gasteiger charge is 2.47. The summed E-state index contributed by atoms with van der Waals surface area (Å²) in [6.07, 6.45) is 4.24. The molecule has 3 unspecified atom stereocenters. The normalized spacial score (nSPS) is 40.8. The molecule has 3 atom stereocenters. The van der Waals surface area contributed by atoms with Crippen LogP contribution >= 0.6 is 0 Å². The highest BCUT2D eigenvalue weighted by atomic mass is 16.2. The summed E-state index contributed by atoms with van der Waals surface area (Å²) in [6, 6.07) is 0.0414. The first-order chi connectivity index (χ1) is 7.36. The molecular formula is C13H24N2O. The number of rotatable bonds is 3. The first-order valence-electron chi connectivity index (χ1n) is 6.40. The molecule has 0 bridgehead atoms. The van der Waals surface area contributed by atoms with Crippen LogP contribution < -0.4 is 11.1 Å². The van der Waals surface area contributed by atoms with Crippen LogP contribution in [0.15, 0.2) is 0 Å². The quantitative estimate of drug-likeness (QED) is 0.766. The maximum Gasteiger partial charge on any atom is 0.227 e. The van der Waals surface area contributed by atoms with Crippen LogP contribution in [0.1, 0.15) is 46.5 Å². The third kappa shape index (κ3) is 1.97. The number of hydrogen-bond acceptors (Lipinski definition) is 2. The van der Waals surface area contributed by atoms with E-state index in [4.69, 9.17) is 5.73 Å². The third-order valence-corrected chi connectivity index (χ3v) is 4.77. The van der Waals surface area contributed by atoms with Crippen molar-refractivity contribution in [1.82, 2.24) is 5.32 Å². The summed E-state index contributed by atoms with van der Waals surface area (Å²) in [5.41, 5.74) is 6.14. The van der Waals surface area contributed by atoms with Gasteiger partial charge in [0.25, 0.3) is 0 Å². The summed E-state index contributed by atoms with van der Waals surface area (Å²) >= 11 is 0. The lowest BCUT2D eigenvalue weighted by Crippen LogP contribution is -2.47. The van der Waals surface area contributed by atoms with Gasteiger partial charge in [0.15, 0.2) is 0 Å². The summed E-state index contributed by atoms with van der Waals surface area (Å²) < 4.78 is 0. The molecule has 16 heavy (non-hydrogen) atoms. The Morgan fingerprint density at radius 3 is 2.50 bits per heavy atom. The van der Waals surface area contributed by atoms with Crippen LogP contribution in [0, 0.1) is 16.7 Å². The van der Waals surface area contributed by atoms with E-state index in [1.54, 1.807) is 0 Å². The lowest BCUT2D eigenvalue weighted by molar-refractivity contribution is -0.130. The van der Waals surface area contributed by atoms with Crippen molar-refractivity contribution >= 4 is 5.91 Å². The summed E-state index contributed by atoms with van der Waals surface area (Å²) in [4.78, 5) is 12.1. The Morgan fingerprint density at radius 2 is 2.06 bits per heavy atom. The van der Waals surface area contributed by atoms with Gasteiger partial charge >= 0.3 is 0 Å². The average molecular weight is 224 g/mol. The van der Waals surface area contributed by atoms with Crippen molar-refractivity contribution in [1.29, 1.82) is 0 Å². The number of nitrogens with one attached hydrogen (secondary N) is 1. The van der Waals surface area contributed by atoms with Crippen molar-refractivity contribution in [2.24, 2.45) is 22.5 Å². The zero-order valence-corrected chi connectivity index (χ0v) is 10.7. The summed E-state index contributed by atoms with van der Waals surface area (Å²) in [5.74, 6) is 0.831. The molecule has 0 aromatic rings. The minimum Gasteiger partial charge on any atom is -0.355 e. The van der Waals surface area contributed by atoms with Gasteiger partial charge in [-0.1, -0.05) is 20.3 Å². The standard InChI is InChI=1S/C13H24N2O/c1-12(2)7-9(12)8-15-11(16)13(3)6-4-5-10(13)14/h9-10H,4-8,14H2,1-3H3,(H,15,16). The average Bonchev–Trinajstić information content (AvgIpc) is 2.66. The van der Waals surface area contributed by atoms with E-state index in [0.717, 1.165) is 25.8 Å². The Bertz CT molecular complexity index is 300. The predicted octanol–water partition coefficient (Wildman–Crippen LogP) is 1.67. The van der Waals surface area contributed by atoms with Crippen molar-refractivity contribution in [2.45, 2.75) is 52.5 Å². The Kier molecular flexibility index (Phi) is 2.77. The molecule has 0 radical (unpaired) electrons. The van der Waals surface area contributed by atoms with Gasteiger partial charge in [-0.2, -0.15) is 0 Å². The van der Waals surface area contributed by atoms with E-state index in [1.165, 1.54) is 6.42 Å². The van der Waals surface area contributed by atoms with Gasteiger partial charge in [0.05, 0.1) is 5.41 Å². The topological polar surface area (TPSA) is 55.1 Å². The molecule has 3 nitrogen and oxygen atoms in total. The van der Waals surface area contributed by atoms with Crippen molar-refractivity contribution in [2.75, 3.05) is 6.54 Å². The van der Waals surface area contributed by atoms with Crippen LogP contribution in [-0.2, 0) is 4.79 Å². The maximum absolute atomic E-state index is 12.1. The molecule has 2 aliphatic rings. The van der Waals surface area contributed by atoms with E-state index in [2.05, 4.69) is 19.2 Å². The number of amides is 1. The first kappa shape index (κ1) is 11.9. The molecule has 0 aliphatic heterocycles. The molecule has 1 amide bonds. The van der Waals surface area contributed by atoms with Gasteiger partial charge in [0, 0.05) is 12.6 Å². The molecule has 0 heterocycles. The van der Waals surface area contributed by atoms with Crippen LogP contribution in [0.4, 0.5) is 0 Å². The Hall–Kier alpha value is -0.570. The zero-order valence-electron chi connectivity index (χ0n) is 10.7. The molecule has 0 saturated heterocycles. The van der Waals surface area contributed by atoms with E-state index < -0.39 is 0 Å². The molecule has 2 saturated carbocycles. The highest BCUT2D eigenvalue weighted by molar-refractivity contribution is 5.83. The minimum absolute atomic E-state index is 0.0414. The summed E-state index contributed by atoms with van der Waals surface area (Å²) in [6.45, 7) is 7.35. The molecule has 0 spiro atoms. The number of carbonyl (C=O) groups is 1. The van der Waals surface area contributed by atoms with Crippen molar-refractivity contribution < 1.29 is 4.79 Å². The van der Waals surface area contributed by atoms with Crippen molar-refractivity contribution in [3.05, 3.63) is 0 Å². The van der Waals surface area contributed by atoms with Crippen molar-refractivity contribution in [3.8, 4) is 0 Å². The van der Waals surface area contributed by atoms with Gasteiger partial charge in [-0.25, -0.2) is 0 Å². The van der Waals surface area contributed by atoms with E-state index in [0.29, 0.717) is 11.3 Å². The van der Waals surface area contributed by atoms with E-state index in [1.807, 2.05) is 6.92 Å². The fourth-order valence-corrected chi connectivity index (χ4v) is 2.82. The minimum atomic E-state index is -0.320. The molecule has 3 heteroatoms. The molecule has 2 fully saturated rings. The molecule has 0 aromatic carbocycles. The number of nitrogens with two attached hydrogens (primary N) is 1. The van der Waals surface area contributed by atoms with E-state index >= 15 is 0 Å². The third-order valence-electron chi connectivity index (χ3n) is 4.77. The fourth-order valence-electron chi connectivity index (χ4n) is 2.82. The van der Waals surface area contributed by atoms with Gasteiger partial charge in [-0.3, -0.25) is 4.79 Å². The first-order valence-corrected chi connectivity index (χ1v) is 6.40. The SMILES string of the molecule is CC1(C)CC1CNC(=O)C1(C)CCCC1N. The van der Waals surface area contributed by atoms with Crippen LogP contribution in [0.3, 0.4) is 0 Å². The fraction of sp³-hybridized carbons (Fsp3) is 0.923. The Balaban J connectivity index is 1.84. The predicted molar refractivity (Wildman–Crippen MR) is 64.8 cm³/mol. The lowest BCUT2D eigenvalue weighted by atomic mass is 9.84. The summed E-state index contributed by atoms with van der Waals surface area (Å²) in [5, 5.41) is 3.09. The smallest absolute Gasteiger partial charge is 0.227 e. The Labute approximate surface area is 98.2 Å². The molecule has 2 aliphatic carbocycles. The van der Waals surface area contributed by atoms with Gasteiger partial charge < -0.3 is 11.1 Å². The van der Waals surface area contributed by atoms with Gasteiger partial charge in [-0.15, -0.1) is 0 Å². The second-order valence-electron chi connectivity index (χ2n) is 6.52. The monoisotopic (exact) mass is 224 g/mol. The summed E-state index contributed by atoms with van der Waals surface area (Å²) in [7, 11) is 0. The molecule has 92 valence electrons. The van der Waals surface area contributed by atoms with Crippen LogP contribution in [0.25, 0.3) is 0 Å². The maximum atomic E-state index is 12.1. The molecule has 3 N–H and O–H groups in total. The largest absolute Gasteiger partial charge is 0.355 e. The van der Waals surface area contributed by atoms with E-state index in [-0.39, 0.29) is 17.4 Å². The van der Waals surface area contributed by atoms with Crippen LogP contribution in [0.5, 0.6) is 0 Å². The van der Waals surface area contributed by atoms with E-state index in [9.17, 15) is 4.79 Å². The molecular weight excluding hydrogens is 200 g/mol. The zero-order chi connectivity index (χ0) is 12.0. The van der Waals surface area contributed by atoms with Gasteiger partial charge in [0.2, 0.25) is 5.91 Å². The van der Waals surface area contributed by atoms with Crippen LogP contribution in [-0.4, -0.2) is 18.5 Å². The second kappa shape index (κ2) is 3.73. The number of hydrogen-bond donors (Lipinski definition) is 2. The Morgan fingerprint density at radius 1 is 1.44 bits per heavy atom. The highest BCUT2D eigenvalue weighted by Crippen LogP contribution is 2.51. The second-order valence-corrected chi connectivity index (χ2v) is 6.52. The lowest BCUT2D eigenvalue weighted by Gasteiger charge is -2.27. The molecule has 0 aromatic heterocycles. The van der Waals surface area contributed by atoms with Crippen molar-refractivity contribution in [3.63, 3.8) is 0 Å².